The van der Waals surface area contributed by atoms with Gasteiger partial charge in [0, 0.05) is 52.2 Å². The second-order valence-electron chi connectivity index (χ2n) is 11.2. The molecule has 0 aromatic rings. The largest absolute Gasteiger partial charge is 0.443 e. The van der Waals surface area contributed by atoms with E-state index in [4.69, 9.17) is 9.47 Å². The van der Waals surface area contributed by atoms with Crippen LogP contribution in [0.4, 0.5) is 9.18 Å². The minimum absolute atomic E-state index is 0.0266. The Bertz CT molecular complexity index is 767. The highest BCUT2D eigenvalue weighted by Gasteiger charge is 2.49. The number of alkyl halides is 1. The Kier molecular flexibility index (Phi) is 7.06. The molecule has 7 unspecified atom stereocenters. The van der Waals surface area contributed by atoms with Gasteiger partial charge in [0.15, 0.2) is 0 Å². The van der Waals surface area contributed by atoms with Crippen molar-refractivity contribution in [2.45, 2.75) is 108 Å². The third-order valence-electron chi connectivity index (χ3n) is 8.98. The number of hydrogen-bond acceptors (Lipinski definition) is 6. The van der Waals surface area contributed by atoms with E-state index in [0.29, 0.717) is 37.3 Å². The highest BCUT2D eigenvalue weighted by Crippen LogP contribution is 2.41. The summed E-state index contributed by atoms with van der Waals surface area (Å²) in [6, 6.07) is 0.629. The first-order valence-electron chi connectivity index (χ1n) is 13.3. The molecule has 3 aliphatic carbocycles. The zero-order valence-electron chi connectivity index (χ0n) is 20.8. The van der Waals surface area contributed by atoms with E-state index in [1.165, 1.54) is 12.8 Å². The number of methoxy groups -OCH3 is 1. The third-order valence-corrected chi connectivity index (χ3v) is 8.98. The molecule has 5 rings (SSSR count). The average molecular weight is 481 g/mol. The first-order chi connectivity index (χ1) is 16.4. The molecule has 5 fully saturated rings. The van der Waals surface area contributed by atoms with E-state index in [1.807, 2.05) is 16.7 Å². The number of piperazine rings is 1. The topological polar surface area (TPSA) is 74.3 Å². The van der Waals surface area contributed by atoms with Crippen molar-refractivity contribution in [2.75, 3.05) is 26.7 Å². The predicted octanol–water partition coefficient (Wildman–Crippen LogP) is 2.72. The minimum atomic E-state index is -0.905. The Balaban J connectivity index is 1.30. The summed E-state index contributed by atoms with van der Waals surface area (Å²) in [4.78, 5) is 29.9. The molecule has 0 aromatic heterocycles. The van der Waals surface area contributed by atoms with Crippen molar-refractivity contribution in [2.24, 2.45) is 11.8 Å². The molecule has 2 aliphatic heterocycles. The van der Waals surface area contributed by atoms with Crippen molar-refractivity contribution in [3.05, 3.63) is 0 Å². The van der Waals surface area contributed by atoms with Crippen molar-refractivity contribution in [3.63, 3.8) is 0 Å². The maximum absolute atomic E-state index is 13.9. The molecule has 5 aliphatic rings. The summed E-state index contributed by atoms with van der Waals surface area (Å²) in [6.07, 6.45) is 4.54. The molecule has 0 spiro atoms. The number of nitrogens with zero attached hydrogens (tertiary/aromatic N) is 3. The summed E-state index contributed by atoms with van der Waals surface area (Å²) >= 11 is 0. The summed E-state index contributed by atoms with van der Waals surface area (Å²) in [5, 5.41) is 2.42. The molecule has 8 atom stereocenters. The Morgan fingerprint density at radius 1 is 0.941 bits per heavy atom. The highest BCUT2D eigenvalue weighted by atomic mass is 19.1. The van der Waals surface area contributed by atoms with E-state index in [2.05, 4.69) is 10.4 Å². The Morgan fingerprint density at radius 3 is 2.44 bits per heavy atom. The fourth-order valence-electron chi connectivity index (χ4n) is 7.07. The van der Waals surface area contributed by atoms with E-state index >= 15 is 0 Å². The summed E-state index contributed by atoms with van der Waals surface area (Å²) < 4.78 is 25.3. The van der Waals surface area contributed by atoms with Crippen LogP contribution in [0, 0.1) is 11.8 Å². The summed E-state index contributed by atoms with van der Waals surface area (Å²) in [7, 11) is 1.56. The molecule has 8 nitrogen and oxygen atoms in total. The van der Waals surface area contributed by atoms with Crippen molar-refractivity contribution in [1.82, 2.24) is 20.2 Å². The summed E-state index contributed by atoms with van der Waals surface area (Å²) in [6.45, 7) is 6.20. The van der Waals surface area contributed by atoms with Gasteiger partial charge in [-0.2, -0.15) is 0 Å². The summed E-state index contributed by atoms with van der Waals surface area (Å²) in [5.41, 5.74) is 3.59. The normalized spacial score (nSPS) is 41.3. The zero-order valence-corrected chi connectivity index (χ0v) is 20.8. The molecule has 0 bridgehead atoms. The highest BCUT2D eigenvalue weighted by molar-refractivity contribution is 5.75. The number of nitrogens with one attached hydrogen (secondary N) is 1. The van der Waals surface area contributed by atoms with Gasteiger partial charge in [-0.1, -0.05) is 0 Å². The Hall–Kier alpha value is -1.45. The molecular weight excluding hydrogens is 439 g/mol. The van der Waals surface area contributed by atoms with E-state index < -0.39 is 18.4 Å². The number of carbonyl (C=O) groups excluding carboxylic acids is 2. The molecule has 0 aromatic carbocycles. The van der Waals surface area contributed by atoms with Crippen LogP contribution in [0.5, 0.6) is 0 Å². The van der Waals surface area contributed by atoms with Crippen LogP contribution < -0.4 is 5.43 Å². The van der Waals surface area contributed by atoms with Gasteiger partial charge in [0.2, 0.25) is 5.91 Å². The number of ether oxygens (including phenoxy) is 2. The number of rotatable bonds is 4. The lowest BCUT2D eigenvalue weighted by molar-refractivity contribution is -0.143. The van der Waals surface area contributed by atoms with E-state index in [1.54, 1.807) is 14.0 Å². The Labute approximate surface area is 202 Å². The molecule has 192 valence electrons. The van der Waals surface area contributed by atoms with Gasteiger partial charge in [-0.25, -0.2) is 14.2 Å². The van der Waals surface area contributed by atoms with E-state index in [0.717, 1.165) is 32.4 Å². The van der Waals surface area contributed by atoms with Crippen molar-refractivity contribution < 1.29 is 23.5 Å². The third kappa shape index (κ3) is 4.80. The van der Waals surface area contributed by atoms with Crippen molar-refractivity contribution in [1.29, 1.82) is 0 Å². The fourth-order valence-corrected chi connectivity index (χ4v) is 7.07. The van der Waals surface area contributed by atoms with Crippen LogP contribution >= 0.6 is 0 Å². The van der Waals surface area contributed by atoms with Gasteiger partial charge in [0.05, 0.1) is 18.2 Å². The fraction of sp³-hybridized carbons (Fsp3) is 0.920. The van der Waals surface area contributed by atoms with E-state index in [-0.39, 0.29) is 36.5 Å². The number of hydrogen-bond donors (Lipinski definition) is 1. The maximum atomic E-state index is 13.9. The second-order valence-corrected chi connectivity index (χ2v) is 11.2. The van der Waals surface area contributed by atoms with E-state index in [9.17, 15) is 14.0 Å². The zero-order chi connectivity index (χ0) is 24.0. The van der Waals surface area contributed by atoms with Gasteiger partial charge in [-0.05, 0) is 63.7 Å². The lowest BCUT2D eigenvalue weighted by Gasteiger charge is -2.54. The van der Waals surface area contributed by atoms with Crippen molar-refractivity contribution >= 4 is 12.0 Å². The molecule has 9 heteroatoms. The van der Waals surface area contributed by atoms with Crippen LogP contribution in [0.25, 0.3) is 0 Å². The smallest absolute Gasteiger partial charge is 0.410 e. The first kappa shape index (κ1) is 24.3. The van der Waals surface area contributed by atoms with Gasteiger partial charge >= 0.3 is 6.09 Å². The first-order valence-corrected chi connectivity index (χ1v) is 13.3. The van der Waals surface area contributed by atoms with Crippen LogP contribution in [0.2, 0.25) is 0 Å². The lowest BCUT2D eigenvalue weighted by atomic mass is 9.73. The quantitative estimate of drug-likeness (QED) is 0.667. The number of amides is 2. The average Bonchev–Trinajstić information content (AvgIpc) is 3.55. The van der Waals surface area contributed by atoms with Crippen LogP contribution in [0.1, 0.15) is 65.2 Å². The van der Waals surface area contributed by atoms with Crippen LogP contribution in [0.3, 0.4) is 0 Å². The molecule has 34 heavy (non-hydrogen) atoms. The van der Waals surface area contributed by atoms with Gasteiger partial charge in [0.25, 0.3) is 0 Å². The van der Waals surface area contributed by atoms with Crippen LogP contribution in [-0.2, 0) is 14.3 Å². The monoisotopic (exact) mass is 480 g/mol. The molecule has 3 saturated carbocycles. The van der Waals surface area contributed by atoms with Gasteiger partial charge in [-0.3, -0.25) is 10.2 Å². The standard InChI is InChI=1S/C25H41FN4O4/c1-15-13-28(25(32)34-23-9-5-19(26)11-24(23)33-3)22-10-17(4-8-21(22)30(15)16(2)31)18-12-27-29(14-18)20-6-7-20/h15,17-24,27H,4-14H2,1-3H3/t15-,17?,18?,19?,21?,22?,23?,24?/m0/s1. The number of fused-ring (bicyclic) bond motifs is 1. The summed E-state index contributed by atoms with van der Waals surface area (Å²) in [5.74, 6) is 1.17. The SMILES string of the molecule is COC1CC(F)CCC1OC(=O)N1C[C@H](C)N(C(C)=O)C2CCC(C3CNN(C4CC4)C3)CC21. The molecule has 2 amide bonds. The molecule has 0 radical (unpaired) electrons. The Morgan fingerprint density at radius 2 is 1.74 bits per heavy atom. The van der Waals surface area contributed by atoms with Crippen molar-refractivity contribution in [3.8, 4) is 0 Å². The van der Waals surface area contributed by atoms with Crippen LogP contribution in [0.15, 0.2) is 0 Å². The minimum Gasteiger partial charge on any atom is -0.443 e. The van der Waals surface area contributed by atoms with Gasteiger partial charge in [-0.15, -0.1) is 0 Å². The number of hydrazine groups is 1. The van der Waals surface area contributed by atoms with Crippen LogP contribution in [-0.4, -0.2) is 96.1 Å². The molecule has 2 heterocycles. The molecule has 2 saturated heterocycles. The maximum Gasteiger partial charge on any atom is 0.410 e. The lowest BCUT2D eigenvalue weighted by Crippen LogP contribution is -2.67. The predicted molar refractivity (Wildman–Crippen MR) is 125 cm³/mol. The number of carbonyl (C=O) groups is 2. The number of halogens is 1. The van der Waals surface area contributed by atoms with Gasteiger partial charge < -0.3 is 19.3 Å². The molecule has 1 N–H and O–H groups in total. The molecular formula is C25H41FN4O4. The van der Waals surface area contributed by atoms with Gasteiger partial charge in [0.1, 0.15) is 12.3 Å². The second kappa shape index (κ2) is 9.90.